The molecule has 0 atom stereocenters. The number of furan rings is 1. The van der Waals surface area contributed by atoms with Crippen molar-refractivity contribution >= 4 is 22.8 Å². The molecule has 3 N–H and O–H groups in total. The molecule has 1 aromatic carbocycles. The van der Waals surface area contributed by atoms with Crippen LogP contribution in [0.25, 0.3) is 11.0 Å². The molecule has 9 heteroatoms. The predicted octanol–water partition coefficient (Wildman–Crippen LogP) is 1.04. The van der Waals surface area contributed by atoms with E-state index in [2.05, 4.69) is 10.3 Å². The molecule has 1 fully saturated rings. The van der Waals surface area contributed by atoms with Crippen LogP contribution in [-0.4, -0.2) is 40.1 Å². The topological polar surface area (TPSA) is 122 Å². The summed E-state index contributed by atoms with van der Waals surface area (Å²) in [5, 5.41) is 3.28. The van der Waals surface area contributed by atoms with Crippen molar-refractivity contribution in [2.75, 3.05) is 13.2 Å². The van der Waals surface area contributed by atoms with Crippen molar-refractivity contribution in [2.45, 2.75) is 19.1 Å². The van der Waals surface area contributed by atoms with Crippen molar-refractivity contribution < 1.29 is 23.5 Å². The number of nitrogens with one attached hydrogen (secondary N) is 1. The van der Waals surface area contributed by atoms with E-state index < -0.39 is 17.4 Å². The van der Waals surface area contributed by atoms with Crippen LogP contribution in [0.1, 0.15) is 21.9 Å². The van der Waals surface area contributed by atoms with Crippen LogP contribution in [0.4, 0.5) is 0 Å². The predicted molar refractivity (Wildman–Crippen MR) is 98.7 cm³/mol. The number of aryl methyl sites for hydroxylation is 2. The van der Waals surface area contributed by atoms with Crippen molar-refractivity contribution in [2.24, 2.45) is 12.8 Å². The van der Waals surface area contributed by atoms with Crippen LogP contribution in [0.5, 0.6) is 5.75 Å². The van der Waals surface area contributed by atoms with Gasteiger partial charge in [-0.05, 0) is 25.1 Å². The first-order valence-electron chi connectivity index (χ1n) is 8.72. The summed E-state index contributed by atoms with van der Waals surface area (Å²) in [6, 6.07) is 5.24. The highest BCUT2D eigenvalue weighted by molar-refractivity contribution is 6.09. The summed E-state index contributed by atoms with van der Waals surface area (Å²) < 4.78 is 18.4. The van der Waals surface area contributed by atoms with Crippen LogP contribution in [0.3, 0.4) is 0 Å². The Morgan fingerprint density at radius 2 is 2.18 bits per heavy atom. The van der Waals surface area contributed by atoms with Gasteiger partial charge in [0, 0.05) is 24.8 Å². The molecule has 0 radical (unpaired) electrons. The zero-order valence-corrected chi connectivity index (χ0v) is 15.5. The maximum Gasteiger partial charge on any atom is 0.256 e. The van der Waals surface area contributed by atoms with E-state index in [4.69, 9.17) is 19.6 Å². The SMILES string of the molecule is Cc1oc2ccc(OCc3nccn3C)cc2c1C(=O)NC1(C(N)=O)COC1. The highest BCUT2D eigenvalue weighted by atomic mass is 16.5. The molecule has 0 bridgehead atoms. The number of nitrogens with two attached hydrogens (primary N) is 1. The molecule has 0 aliphatic carbocycles. The second kappa shape index (κ2) is 6.68. The number of benzene rings is 1. The van der Waals surface area contributed by atoms with Crippen LogP contribution >= 0.6 is 0 Å². The lowest BCUT2D eigenvalue weighted by Crippen LogP contribution is -2.69. The van der Waals surface area contributed by atoms with Gasteiger partial charge in [-0.2, -0.15) is 0 Å². The van der Waals surface area contributed by atoms with E-state index in [1.807, 2.05) is 17.8 Å². The lowest BCUT2D eigenvalue weighted by Gasteiger charge is -2.38. The van der Waals surface area contributed by atoms with Crippen molar-refractivity contribution in [3.63, 3.8) is 0 Å². The van der Waals surface area contributed by atoms with Gasteiger partial charge in [-0.3, -0.25) is 9.59 Å². The number of hydrogen-bond donors (Lipinski definition) is 2. The first kappa shape index (κ1) is 18.1. The minimum atomic E-state index is -1.18. The van der Waals surface area contributed by atoms with Gasteiger partial charge in [0.1, 0.15) is 29.5 Å². The Kier molecular flexibility index (Phi) is 4.31. The van der Waals surface area contributed by atoms with Gasteiger partial charge in [-0.1, -0.05) is 0 Å². The number of carbonyl (C=O) groups is 2. The van der Waals surface area contributed by atoms with Gasteiger partial charge in [-0.25, -0.2) is 4.98 Å². The highest BCUT2D eigenvalue weighted by Crippen LogP contribution is 2.30. The third kappa shape index (κ3) is 2.99. The quantitative estimate of drug-likeness (QED) is 0.655. The smallest absolute Gasteiger partial charge is 0.256 e. The van der Waals surface area contributed by atoms with Crippen LogP contribution in [0, 0.1) is 6.92 Å². The van der Waals surface area contributed by atoms with Crippen LogP contribution in [0.2, 0.25) is 0 Å². The number of amides is 2. The molecule has 28 heavy (non-hydrogen) atoms. The van der Waals surface area contributed by atoms with Gasteiger partial charge >= 0.3 is 0 Å². The summed E-state index contributed by atoms with van der Waals surface area (Å²) >= 11 is 0. The Bertz CT molecular complexity index is 1060. The van der Waals surface area contributed by atoms with E-state index in [-0.39, 0.29) is 19.8 Å². The van der Waals surface area contributed by atoms with Gasteiger partial charge in [-0.15, -0.1) is 0 Å². The van der Waals surface area contributed by atoms with Gasteiger partial charge in [0.15, 0.2) is 5.54 Å². The van der Waals surface area contributed by atoms with Crippen molar-refractivity contribution in [1.82, 2.24) is 14.9 Å². The van der Waals surface area contributed by atoms with E-state index in [1.165, 1.54) is 0 Å². The lowest BCUT2D eigenvalue weighted by atomic mass is 9.95. The summed E-state index contributed by atoms with van der Waals surface area (Å²) in [5.41, 5.74) is 5.13. The fourth-order valence-electron chi connectivity index (χ4n) is 3.12. The number of primary amides is 1. The van der Waals surface area contributed by atoms with Gasteiger partial charge in [0.25, 0.3) is 5.91 Å². The highest BCUT2D eigenvalue weighted by Gasteiger charge is 2.46. The van der Waals surface area contributed by atoms with Crippen molar-refractivity contribution in [3.05, 3.63) is 47.7 Å². The molecule has 1 aliphatic rings. The fourth-order valence-corrected chi connectivity index (χ4v) is 3.12. The number of imidazole rings is 1. The minimum Gasteiger partial charge on any atom is -0.486 e. The van der Waals surface area contributed by atoms with Crippen LogP contribution in [-0.2, 0) is 23.2 Å². The fraction of sp³-hybridized carbons (Fsp3) is 0.316. The molecule has 0 unspecified atom stereocenters. The third-order valence-electron chi connectivity index (χ3n) is 4.87. The Hall–Kier alpha value is -3.33. The molecule has 1 aliphatic heterocycles. The Balaban J connectivity index is 1.61. The average molecular weight is 384 g/mol. The number of hydrogen-bond acceptors (Lipinski definition) is 6. The summed E-state index contributed by atoms with van der Waals surface area (Å²) in [5.74, 6) is 0.710. The monoisotopic (exact) mass is 384 g/mol. The lowest BCUT2D eigenvalue weighted by molar-refractivity contribution is -0.143. The molecule has 2 amide bonds. The molecule has 2 aromatic heterocycles. The van der Waals surface area contributed by atoms with E-state index in [0.29, 0.717) is 28.0 Å². The number of aromatic nitrogens is 2. The average Bonchev–Trinajstić information content (AvgIpc) is 3.17. The summed E-state index contributed by atoms with van der Waals surface area (Å²) in [7, 11) is 1.88. The minimum absolute atomic E-state index is 0.0565. The van der Waals surface area contributed by atoms with E-state index >= 15 is 0 Å². The largest absolute Gasteiger partial charge is 0.486 e. The summed E-state index contributed by atoms with van der Waals surface area (Å²) in [6.07, 6.45) is 3.53. The number of nitrogens with zero attached hydrogens (tertiary/aromatic N) is 2. The third-order valence-corrected chi connectivity index (χ3v) is 4.87. The number of ether oxygens (including phenoxy) is 2. The normalized spacial score (nSPS) is 15.2. The van der Waals surface area contributed by atoms with Gasteiger partial charge in [0.2, 0.25) is 5.91 Å². The standard InChI is InChI=1S/C19H20N4O5/c1-11-16(17(24)22-19(18(20)25)9-26-10-19)13-7-12(3-4-14(13)28-11)27-8-15-21-5-6-23(15)2/h3-7H,8-10H2,1-2H3,(H2,20,25)(H,22,24). The second-order valence-corrected chi connectivity index (χ2v) is 6.83. The second-order valence-electron chi connectivity index (χ2n) is 6.83. The molecular formula is C19H20N4O5. The molecule has 1 saturated heterocycles. The first-order valence-corrected chi connectivity index (χ1v) is 8.72. The maximum atomic E-state index is 12.9. The molecular weight excluding hydrogens is 364 g/mol. The molecule has 3 aromatic rings. The van der Waals surface area contributed by atoms with E-state index in [1.54, 1.807) is 31.3 Å². The number of rotatable bonds is 6. The number of fused-ring (bicyclic) bond motifs is 1. The molecule has 146 valence electrons. The maximum absolute atomic E-state index is 12.9. The number of carbonyl (C=O) groups excluding carboxylic acids is 2. The summed E-state index contributed by atoms with van der Waals surface area (Å²) in [4.78, 5) is 28.8. The van der Waals surface area contributed by atoms with Gasteiger partial charge in [0.05, 0.1) is 18.8 Å². The van der Waals surface area contributed by atoms with Crippen LogP contribution in [0.15, 0.2) is 35.0 Å². The Labute approximate surface area is 160 Å². The molecule has 0 saturated carbocycles. The Morgan fingerprint density at radius 1 is 1.39 bits per heavy atom. The zero-order valence-electron chi connectivity index (χ0n) is 15.5. The van der Waals surface area contributed by atoms with E-state index in [9.17, 15) is 9.59 Å². The Morgan fingerprint density at radius 3 is 2.79 bits per heavy atom. The molecule has 4 rings (SSSR count). The molecule has 3 heterocycles. The van der Waals surface area contributed by atoms with Crippen LogP contribution < -0.4 is 15.8 Å². The van der Waals surface area contributed by atoms with Crippen molar-refractivity contribution in [1.29, 1.82) is 0 Å². The summed E-state index contributed by atoms with van der Waals surface area (Å²) in [6.45, 7) is 2.09. The zero-order chi connectivity index (χ0) is 19.9. The molecule has 9 nitrogen and oxygen atoms in total. The van der Waals surface area contributed by atoms with E-state index in [0.717, 1.165) is 5.82 Å². The first-order chi connectivity index (χ1) is 13.4. The molecule has 0 spiro atoms. The van der Waals surface area contributed by atoms with Gasteiger partial charge < -0.3 is 29.5 Å². The van der Waals surface area contributed by atoms with Crippen molar-refractivity contribution in [3.8, 4) is 5.75 Å².